The van der Waals surface area contributed by atoms with E-state index in [4.69, 9.17) is 30.4 Å². The van der Waals surface area contributed by atoms with Crippen LogP contribution in [0.3, 0.4) is 0 Å². The first-order valence-electron chi connectivity index (χ1n) is 21.9. The fourth-order valence-electron chi connectivity index (χ4n) is 9.21. The minimum absolute atomic E-state index is 0.117. The third-order valence-corrected chi connectivity index (χ3v) is 16.1. The largest absolute Gasteiger partial charge is 0.457 e. The third kappa shape index (κ3) is 7.66. The Bertz CT molecular complexity index is 3560. The van der Waals surface area contributed by atoms with Crippen LogP contribution in [0, 0.1) is 0 Å². The van der Waals surface area contributed by atoms with Crippen molar-refractivity contribution in [1.29, 1.82) is 0 Å². The average molecular weight is 987 g/mol. The quantitative estimate of drug-likeness (QED) is 0.0944. The van der Waals surface area contributed by atoms with Gasteiger partial charge in [-0.3, -0.25) is 0 Å². The van der Waals surface area contributed by atoms with Crippen molar-refractivity contribution >= 4 is 31.0 Å². The molecular weight excluding hydrogens is 950 g/mol. The molecule has 0 aliphatic carbocycles. The summed E-state index contributed by atoms with van der Waals surface area (Å²) in [6, 6.07) is 48.8. The summed E-state index contributed by atoms with van der Waals surface area (Å²) in [4.78, 5) is -0.978. The molecule has 0 saturated heterocycles. The number of rotatable bonds is 11. The molecule has 9 aromatic rings. The summed E-state index contributed by atoms with van der Waals surface area (Å²) < 4.78 is 136. The molecular formula is C56H37F3N2O8S2. The standard InChI is InChI=1S/C56H37F3N2O8S2/c57-56(58,59)55(36-6-2-1-3-7-36,47-28-30-49(51-34-12-16-41(17-13-34)68-53(47)51)70(62,63)45-24-20-39(21-25-45)66-43-10-4-8-37(60)32-43)48-29-31-50(52-35-14-18-42(19-15-35)69-54(48)52)71(64,65)46-26-22-40(23-27-46)67-44-11-5-9-38(61)33-44/h1-33H,60-61H2. The van der Waals surface area contributed by atoms with E-state index >= 15 is 13.2 Å². The lowest BCUT2D eigenvalue weighted by Crippen LogP contribution is -2.45. The van der Waals surface area contributed by atoms with E-state index < -0.39 is 42.4 Å². The molecule has 0 fully saturated rings. The predicted octanol–water partition coefficient (Wildman–Crippen LogP) is 13.5. The minimum atomic E-state index is -5.26. The van der Waals surface area contributed by atoms with Gasteiger partial charge in [0.1, 0.15) is 51.4 Å². The number of halogens is 3. The van der Waals surface area contributed by atoms with E-state index in [1.165, 1.54) is 72.8 Å². The topological polar surface area (TPSA) is 157 Å². The van der Waals surface area contributed by atoms with Crippen LogP contribution in [-0.4, -0.2) is 23.0 Å². The van der Waals surface area contributed by atoms with E-state index in [9.17, 15) is 16.8 Å². The Morgan fingerprint density at radius 1 is 0.423 bits per heavy atom. The molecule has 0 unspecified atom stereocenters. The number of hydrogen-bond acceptors (Lipinski definition) is 10. The molecule has 4 N–H and O–H groups in total. The fraction of sp³-hybridized carbons (Fsp3) is 0.0357. The second-order valence-electron chi connectivity index (χ2n) is 16.8. The number of benzene rings is 9. The Hall–Kier alpha value is -8.53. The van der Waals surface area contributed by atoms with Gasteiger partial charge in [-0.15, -0.1) is 0 Å². The molecule has 0 atom stereocenters. The van der Waals surface area contributed by atoms with Crippen LogP contribution in [0.5, 0.6) is 46.0 Å². The van der Waals surface area contributed by atoms with Gasteiger partial charge in [-0.1, -0.05) is 78.9 Å². The molecule has 4 aliphatic rings. The zero-order chi connectivity index (χ0) is 49.3. The zero-order valence-electron chi connectivity index (χ0n) is 36.9. The Morgan fingerprint density at radius 3 is 1.21 bits per heavy atom. The number of hydrogen-bond donors (Lipinski definition) is 2. The van der Waals surface area contributed by atoms with Crippen molar-refractivity contribution in [2.24, 2.45) is 0 Å². The van der Waals surface area contributed by atoms with Crippen molar-refractivity contribution in [1.82, 2.24) is 0 Å². The van der Waals surface area contributed by atoms with Crippen molar-refractivity contribution in [2.45, 2.75) is 31.2 Å². The van der Waals surface area contributed by atoms with Crippen LogP contribution in [0.25, 0.3) is 22.3 Å². The molecule has 0 saturated carbocycles. The van der Waals surface area contributed by atoms with Gasteiger partial charge in [0.2, 0.25) is 19.7 Å². The van der Waals surface area contributed by atoms with Crippen molar-refractivity contribution in [2.75, 3.05) is 11.5 Å². The predicted molar refractivity (Wildman–Crippen MR) is 262 cm³/mol. The molecule has 4 bridgehead atoms. The Morgan fingerprint density at radius 2 is 0.831 bits per heavy atom. The molecule has 0 radical (unpaired) electrons. The summed E-state index contributed by atoms with van der Waals surface area (Å²) in [5, 5.41) is 0. The maximum Gasteiger partial charge on any atom is 0.406 e. The number of fused-ring (bicyclic) bond motifs is 4. The van der Waals surface area contributed by atoms with E-state index in [-0.39, 0.29) is 70.4 Å². The summed E-state index contributed by atoms with van der Waals surface area (Å²) >= 11 is 0. The Balaban J connectivity index is 1.11. The second-order valence-corrected chi connectivity index (χ2v) is 20.6. The molecule has 13 rings (SSSR count). The molecule has 15 heteroatoms. The molecule has 71 heavy (non-hydrogen) atoms. The van der Waals surface area contributed by atoms with Crippen molar-refractivity contribution in [3.8, 4) is 68.2 Å². The lowest BCUT2D eigenvalue weighted by molar-refractivity contribution is -0.167. The van der Waals surface area contributed by atoms with Crippen molar-refractivity contribution in [3.63, 3.8) is 0 Å². The van der Waals surface area contributed by atoms with E-state index in [1.54, 1.807) is 103 Å². The van der Waals surface area contributed by atoms with Crippen molar-refractivity contribution in [3.05, 3.63) is 217 Å². The number of sulfone groups is 2. The van der Waals surface area contributed by atoms with Crippen LogP contribution in [0.4, 0.5) is 24.5 Å². The van der Waals surface area contributed by atoms with Gasteiger partial charge >= 0.3 is 6.18 Å². The highest BCUT2D eigenvalue weighted by Gasteiger charge is 2.62. The monoisotopic (exact) mass is 986 g/mol. The van der Waals surface area contributed by atoms with Gasteiger partial charge < -0.3 is 30.4 Å². The van der Waals surface area contributed by atoms with E-state index in [1.807, 2.05) is 0 Å². The maximum absolute atomic E-state index is 17.4. The maximum atomic E-state index is 17.4. The number of ether oxygens (including phenoxy) is 4. The summed E-state index contributed by atoms with van der Waals surface area (Å²) in [5.41, 5.74) is 8.58. The number of nitrogens with two attached hydrogens (primary N) is 2. The van der Waals surface area contributed by atoms with Crippen LogP contribution >= 0.6 is 0 Å². The first-order valence-corrected chi connectivity index (χ1v) is 24.9. The molecule has 0 amide bonds. The lowest BCUT2D eigenvalue weighted by Gasteiger charge is -2.40. The average Bonchev–Trinajstić information content (AvgIpc) is 3.82. The highest BCUT2D eigenvalue weighted by molar-refractivity contribution is 7.92. The van der Waals surface area contributed by atoms with Crippen LogP contribution in [0.15, 0.2) is 220 Å². The van der Waals surface area contributed by atoms with Crippen LogP contribution in [-0.2, 0) is 25.1 Å². The highest BCUT2D eigenvalue weighted by Crippen LogP contribution is 2.61. The van der Waals surface area contributed by atoms with Crippen molar-refractivity contribution < 1.29 is 49.0 Å². The molecule has 352 valence electrons. The number of alkyl halides is 3. The Kier molecular flexibility index (Phi) is 10.7. The van der Waals surface area contributed by atoms with Gasteiger partial charge in [-0.25, -0.2) is 16.8 Å². The summed E-state index contributed by atoms with van der Waals surface area (Å²) in [6.07, 6.45) is -5.26. The van der Waals surface area contributed by atoms with Gasteiger partial charge in [0.05, 0.1) is 19.6 Å². The zero-order valence-corrected chi connectivity index (χ0v) is 38.6. The van der Waals surface area contributed by atoms with E-state index in [0.29, 0.717) is 34.4 Å². The van der Waals surface area contributed by atoms with Gasteiger partial charge in [-0.05, 0) is 126 Å². The third-order valence-electron chi connectivity index (χ3n) is 12.4. The first-order chi connectivity index (χ1) is 34.1. The van der Waals surface area contributed by atoms with Gasteiger partial charge in [0.15, 0.2) is 0 Å². The SMILES string of the molecule is Nc1cccc(Oc2ccc(S(=O)(=O)c3ccc(C(c4ccccc4)(c4ccc(S(=O)(=O)c5ccc(Oc6cccc(N)c6)cc5)c5c4Oc4ccc-5cc4)C(F)(F)F)c4c3-c3ccc(cc3)O4)cc2)c1. The number of anilines is 2. The summed E-state index contributed by atoms with van der Waals surface area (Å²) in [7, 11) is -9.00. The minimum Gasteiger partial charge on any atom is -0.457 e. The van der Waals surface area contributed by atoms with Crippen LogP contribution < -0.4 is 30.4 Å². The normalized spacial score (nSPS) is 12.7. The van der Waals surface area contributed by atoms with Gasteiger partial charge in [0.25, 0.3) is 0 Å². The van der Waals surface area contributed by atoms with E-state index in [0.717, 1.165) is 24.3 Å². The lowest BCUT2D eigenvalue weighted by atomic mass is 9.67. The fourth-order valence-corrected chi connectivity index (χ4v) is 12.2. The molecule has 0 spiro atoms. The second kappa shape index (κ2) is 16.9. The van der Waals surface area contributed by atoms with Gasteiger partial charge in [0, 0.05) is 45.8 Å². The molecule has 0 aromatic heterocycles. The molecule has 10 nitrogen and oxygen atoms in total. The van der Waals surface area contributed by atoms with Crippen LogP contribution in [0.2, 0.25) is 0 Å². The van der Waals surface area contributed by atoms with Gasteiger partial charge in [-0.2, -0.15) is 13.2 Å². The highest BCUT2D eigenvalue weighted by atomic mass is 32.2. The Labute approximate surface area is 405 Å². The number of nitrogen functional groups attached to an aromatic ring is 2. The molecule has 9 aromatic carbocycles. The van der Waals surface area contributed by atoms with E-state index in [2.05, 4.69) is 0 Å². The summed E-state index contributed by atoms with van der Waals surface area (Å²) in [6.45, 7) is 0. The van der Waals surface area contributed by atoms with Crippen LogP contribution in [0.1, 0.15) is 16.7 Å². The molecule has 4 aliphatic heterocycles. The smallest absolute Gasteiger partial charge is 0.406 e. The first kappa shape index (κ1) is 44.9. The summed E-state index contributed by atoms with van der Waals surface area (Å²) in [5.74, 6) is 1.01. The molecule has 4 heterocycles.